The van der Waals surface area contributed by atoms with E-state index in [9.17, 15) is 14.4 Å². The Labute approximate surface area is 159 Å². The van der Waals surface area contributed by atoms with Gasteiger partial charge in [0.15, 0.2) is 0 Å². The van der Waals surface area contributed by atoms with Crippen molar-refractivity contribution in [3.63, 3.8) is 0 Å². The Morgan fingerprint density at radius 1 is 1.31 bits per heavy atom. The molecule has 0 unspecified atom stereocenters. The second-order valence-corrected chi connectivity index (χ2v) is 8.08. The van der Waals surface area contributed by atoms with Crippen LogP contribution in [0.5, 0.6) is 0 Å². The molecule has 1 fully saturated rings. The summed E-state index contributed by atoms with van der Waals surface area (Å²) in [5, 5.41) is 7.64. The topological polar surface area (TPSA) is 78.5 Å². The van der Waals surface area contributed by atoms with Gasteiger partial charge in [-0.05, 0) is 37.6 Å². The Morgan fingerprint density at radius 3 is 2.54 bits per heavy atom. The van der Waals surface area contributed by atoms with Gasteiger partial charge >= 0.3 is 0 Å². The first-order chi connectivity index (χ1) is 12.4. The van der Waals surface area contributed by atoms with Crippen LogP contribution in [0.3, 0.4) is 0 Å². The van der Waals surface area contributed by atoms with Crippen LogP contribution in [-0.2, 0) is 20.9 Å². The largest absolute Gasteiger partial charge is 0.351 e. The van der Waals surface area contributed by atoms with Crippen molar-refractivity contribution >= 4 is 29.1 Å². The fourth-order valence-electron chi connectivity index (χ4n) is 3.28. The van der Waals surface area contributed by atoms with Crippen LogP contribution in [0.1, 0.15) is 57.8 Å². The number of carbonyl (C=O) groups is 3. The van der Waals surface area contributed by atoms with Crippen LogP contribution in [0.25, 0.3) is 0 Å². The molecule has 7 heteroatoms. The van der Waals surface area contributed by atoms with Crippen molar-refractivity contribution in [2.75, 3.05) is 6.54 Å². The molecule has 6 nitrogen and oxygen atoms in total. The molecule has 0 aromatic carbocycles. The summed E-state index contributed by atoms with van der Waals surface area (Å²) in [6.45, 7) is 5.37. The Morgan fingerprint density at radius 2 is 2.00 bits per heavy atom. The van der Waals surface area contributed by atoms with E-state index < -0.39 is 5.54 Å². The normalized spacial score (nSPS) is 16.7. The SMILES string of the molecule is CC[C@](C)(C(=O)NC1CCCC1)N(Cc1cccs1)C(=O)CNC(C)=O. The Kier molecular flexibility index (Phi) is 7.20. The van der Waals surface area contributed by atoms with E-state index in [1.54, 1.807) is 16.2 Å². The fourth-order valence-corrected chi connectivity index (χ4v) is 3.97. The summed E-state index contributed by atoms with van der Waals surface area (Å²) in [6.07, 6.45) is 4.76. The standard InChI is InChI=1S/C19H29N3O3S/c1-4-19(3,18(25)21-15-8-5-6-9-15)22(13-16-10-7-11-26-16)17(24)12-20-14(2)23/h7,10-11,15H,4-6,8-9,12-13H2,1-3H3,(H,20,23)(H,21,25)/t19-/m1/s1. The third kappa shape index (κ3) is 5.06. The van der Waals surface area contributed by atoms with Crippen molar-refractivity contribution < 1.29 is 14.4 Å². The molecule has 1 saturated carbocycles. The van der Waals surface area contributed by atoms with E-state index in [1.165, 1.54) is 6.92 Å². The third-order valence-corrected chi connectivity index (χ3v) is 6.01. The van der Waals surface area contributed by atoms with Crippen LogP contribution >= 0.6 is 11.3 Å². The van der Waals surface area contributed by atoms with Gasteiger partial charge in [0.1, 0.15) is 5.54 Å². The molecule has 3 amide bonds. The summed E-state index contributed by atoms with van der Waals surface area (Å²) in [5.74, 6) is -0.623. The number of nitrogens with zero attached hydrogens (tertiary/aromatic N) is 1. The Balaban J connectivity index is 2.21. The molecule has 1 aromatic rings. The van der Waals surface area contributed by atoms with E-state index in [0.29, 0.717) is 13.0 Å². The van der Waals surface area contributed by atoms with E-state index >= 15 is 0 Å². The van der Waals surface area contributed by atoms with Crippen molar-refractivity contribution in [3.05, 3.63) is 22.4 Å². The minimum atomic E-state index is -0.956. The average Bonchev–Trinajstić information content (AvgIpc) is 3.30. The number of hydrogen-bond donors (Lipinski definition) is 2. The summed E-state index contributed by atoms with van der Waals surface area (Å²) in [7, 11) is 0. The Hall–Kier alpha value is -1.89. The maximum atomic E-state index is 13.1. The zero-order valence-corrected chi connectivity index (χ0v) is 16.7. The van der Waals surface area contributed by atoms with Crippen LogP contribution in [0.15, 0.2) is 17.5 Å². The average molecular weight is 380 g/mol. The van der Waals surface area contributed by atoms with Gasteiger partial charge in [-0.15, -0.1) is 11.3 Å². The van der Waals surface area contributed by atoms with Gasteiger partial charge in [0.25, 0.3) is 0 Å². The second kappa shape index (κ2) is 9.16. The molecule has 0 bridgehead atoms. The lowest BCUT2D eigenvalue weighted by molar-refractivity contribution is -0.148. The molecule has 1 atom stereocenters. The molecule has 0 radical (unpaired) electrons. The van der Waals surface area contributed by atoms with Gasteiger partial charge in [-0.1, -0.05) is 25.8 Å². The predicted octanol–water partition coefficient (Wildman–Crippen LogP) is 2.44. The third-order valence-electron chi connectivity index (χ3n) is 5.15. The van der Waals surface area contributed by atoms with Gasteiger partial charge in [-0.2, -0.15) is 0 Å². The summed E-state index contributed by atoms with van der Waals surface area (Å²) >= 11 is 1.55. The predicted molar refractivity (Wildman–Crippen MR) is 103 cm³/mol. The number of thiophene rings is 1. The zero-order valence-electron chi connectivity index (χ0n) is 15.8. The van der Waals surface area contributed by atoms with Gasteiger partial charge in [-0.25, -0.2) is 0 Å². The fraction of sp³-hybridized carbons (Fsp3) is 0.632. The monoisotopic (exact) mass is 379 g/mol. The molecule has 1 aromatic heterocycles. The van der Waals surface area contributed by atoms with Crippen molar-refractivity contribution in [2.45, 2.75) is 71.0 Å². The number of nitrogens with one attached hydrogen (secondary N) is 2. The highest BCUT2D eigenvalue weighted by Crippen LogP contribution is 2.26. The molecule has 0 aliphatic heterocycles. The maximum absolute atomic E-state index is 13.1. The summed E-state index contributed by atoms with van der Waals surface area (Å²) in [6, 6.07) is 4.08. The van der Waals surface area contributed by atoms with E-state index in [1.807, 2.05) is 31.4 Å². The van der Waals surface area contributed by atoms with Gasteiger partial charge in [-0.3, -0.25) is 14.4 Å². The highest BCUT2D eigenvalue weighted by molar-refractivity contribution is 7.09. The number of amides is 3. The molecule has 2 rings (SSSR count). The van der Waals surface area contributed by atoms with Crippen molar-refractivity contribution in [1.82, 2.24) is 15.5 Å². The smallest absolute Gasteiger partial charge is 0.245 e. The van der Waals surface area contributed by atoms with Crippen LogP contribution in [-0.4, -0.2) is 40.7 Å². The minimum Gasteiger partial charge on any atom is -0.351 e. The van der Waals surface area contributed by atoms with E-state index in [-0.39, 0.29) is 30.3 Å². The van der Waals surface area contributed by atoms with E-state index in [4.69, 9.17) is 0 Å². The summed E-state index contributed by atoms with van der Waals surface area (Å²) in [5.41, 5.74) is -0.956. The van der Waals surface area contributed by atoms with E-state index in [0.717, 1.165) is 30.6 Å². The highest BCUT2D eigenvalue weighted by Gasteiger charge is 2.41. The molecule has 0 spiro atoms. The first-order valence-corrected chi connectivity index (χ1v) is 10.1. The van der Waals surface area contributed by atoms with Crippen LogP contribution in [0.2, 0.25) is 0 Å². The summed E-state index contributed by atoms with van der Waals surface area (Å²) < 4.78 is 0. The number of carbonyl (C=O) groups excluding carboxylic acids is 3. The molecule has 0 saturated heterocycles. The lowest BCUT2D eigenvalue weighted by Crippen LogP contribution is -2.60. The zero-order chi connectivity index (χ0) is 19.2. The van der Waals surface area contributed by atoms with Crippen molar-refractivity contribution in [1.29, 1.82) is 0 Å². The quantitative estimate of drug-likeness (QED) is 0.728. The van der Waals surface area contributed by atoms with Crippen LogP contribution in [0, 0.1) is 0 Å². The molecular weight excluding hydrogens is 350 g/mol. The van der Waals surface area contributed by atoms with Crippen LogP contribution < -0.4 is 10.6 Å². The lowest BCUT2D eigenvalue weighted by atomic mass is 9.93. The molecule has 1 aliphatic rings. The first kappa shape index (κ1) is 20.4. The molecule has 144 valence electrons. The van der Waals surface area contributed by atoms with Gasteiger partial charge in [0.2, 0.25) is 17.7 Å². The van der Waals surface area contributed by atoms with Gasteiger partial charge in [0, 0.05) is 17.8 Å². The van der Waals surface area contributed by atoms with Gasteiger partial charge in [0.05, 0.1) is 13.1 Å². The lowest BCUT2D eigenvalue weighted by Gasteiger charge is -2.40. The van der Waals surface area contributed by atoms with Crippen molar-refractivity contribution in [3.8, 4) is 0 Å². The second-order valence-electron chi connectivity index (χ2n) is 7.05. The first-order valence-electron chi connectivity index (χ1n) is 9.25. The number of rotatable bonds is 8. The molecule has 26 heavy (non-hydrogen) atoms. The Bertz CT molecular complexity index is 626. The maximum Gasteiger partial charge on any atom is 0.245 e. The summed E-state index contributed by atoms with van der Waals surface area (Å²) in [4.78, 5) is 39.8. The molecule has 2 N–H and O–H groups in total. The molecule has 1 aliphatic carbocycles. The highest BCUT2D eigenvalue weighted by atomic mass is 32.1. The minimum absolute atomic E-state index is 0.104. The van der Waals surface area contributed by atoms with E-state index in [2.05, 4.69) is 10.6 Å². The van der Waals surface area contributed by atoms with Gasteiger partial charge < -0.3 is 15.5 Å². The van der Waals surface area contributed by atoms with Crippen LogP contribution in [0.4, 0.5) is 0 Å². The molecular formula is C19H29N3O3S. The molecule has 1 heterocycles. The number of hydrogen-bond acceptors (Lipinski definition) is 4. The van der Waals surface area contributed by atoms with Crippen molar-refractivity contribution in [2.24, 2.45) is 0 Å².